The van der Waals surface area contributed by atoms with Crippen molar-refractivity contribution in [2.45, 2.75) is 20.8 Å². The summed E-state index contributed by atoms with van der Waals surface area (Å²) in [5.74, 6) is 0. The Morgan fingerprint density at radius 1 is 1.17 bits per heavy atom. The summed E-state index contributed by atoms with van der Waals surface area (Å²) in [7, 11) is 2.65. The third kappa shape index (κ3) is 2.41. The van der Waals surface area contributed by atoms with Crippen LogP contribution in [0.3, 0.4) is 0 Å². The molecule has 0 aliphatic rings. The molecule has 0 rings (SSSR count). The lowest BCUT2D eigenvalue weighted by atomic mass is 10.3. The van der Waals surface area contributed by atoms with Crippen LogP contribution in [-0.4, -0.2) is 0 Å². The first-order chi connectivity index (χ1) is 2.64. The van der Waals surface area contributed by atoms with Gasteiger partial charge in [-0.1, -0.05) is 10.9 Å². The van der Waals surface area contributed by atoms with Gasteiger partial charge in [-0.3, -0.25) is 0 Å². The van der Waals surface area contributed by atoms with E-state index in [9.17, 15) is 0 Å². The maximum Gasteiger partial charge on any atom is -0.0399 e. The van der Waals surface area contributed by atoms with Crippen molar-refractivity contribution < 1.29 is 0 Å². The number of hydrogen-bond acceptors (Lipinski definition) is 0. The van der Waals surface area contributed by atoms with Crippen LogP contribution >= 0.6 is 9.24 Å². The highest BCUT2D eigenvalue weighted by Gasteiger charge is 1.75. The Morgan fingerprint density at radius 3 is 1.33 bits per heavy atom. The van der Waals surface area contributed by atoms with Crippen LogP contribution in [0, 0.1) is 0 Å². The largest absolute Gasteiger partial charge is 0.111 e. The second-order valence-electron chi connectivity index (χ2n) is 1.68. The molecule has 0 bridgehead atoms. The average molecular weight is 102 g/mol. The molecule has 0 aromatic rings. The normalized spacial score (nSPS) is 8.00. The Kier molecular flexibility index (Phi) is 2.43. The molecular formula is C5H11P. The minimum Gasteiger partial charge on any atom is -0.111 e. The van der Waals surface area contributed by atoms with Gasteiger partial charge >= 0.3 is 0 Å². The maximum absolute atomic E-state index is 2.65. The number of rotatable bonds is 0. The monoisotopic (exact) mass is 102 g/mol. The summed E-state index contributed by atoms with van der Waals surface area (Å²) in [6.07, 6.45) is 0. The lowest BCUT2D eigenvalue weighted by molar-refractivity contribution is 1.34. The summed E-state index contributed by atoms with van der Waals surface area (Å²) in [5.41, 5.74) is 1.39. The third-order valence-corrected chi connectivity index (χ3v) is 1.37. The first-order valence-corrected chi connectivity index (χ1v) is 2.62. The van der Waals surface area contributed by atoms with Gasteiger partial charge in [-0.05, 0) is 20.8 Å². The summed E-state index contributed by atoms with van der Waals surface area (Å²) in [5, 5.41) is 1.34. The topological polar surface area (TPSA) is 0 Å². The molecule has 0 fully saturated rings. The van der Waals surface area contributed by atoms with Gasteiger partial charge in [0.25, 0.3) is 0 Å². The van der Waals surface area contributed by atoms with Crippen LogP contribution in [0.4, 0.5) is 0 Å². The fraction of sp³-hybridized carbons (Fsp3) is 0.600. The van der Waals surface area contributed by atoms with Crippen molar-refractivity contribution in [3.63, 3.8) is 0 Å². The van der Waals surface area contributed by atoms with Crippen LogP contribution in [0.2, 0.25) is 0 Å². The molecule has 0 amide bonds. The van der Waals surface area contributed by atoms with E-state index in [0.717, 1.165) is 0 Å². The van der Waals surface area contributed by atoms with Crippen LogP contribution in [0.15, 0.2) is 10.9 Å². The molecule has 0 heterocycles. The highest BCUT2D eigenvalue weighted by molar-refractivity contribution is 7.22. The van der Waals surface area contributed by atoms with E-state index in [4.69, 9.17) is 0 Å². The minimum absolute atomic E-state index is 1.34. The van der Waals surface area contributed by atoms with Crippen LogP contribution in [0.25, 0.3) is 0 Å². The van der Waals surface area contributed by atoms with Crippen LogP contribution in [0.1, 0.15) is 20.8 Å². The molecule has 1 heteroatoms. The summed E-state index contributed by atoms with van der Waals surface area (Å²) in [6.45, 7) is 6.28. The smallest absolute Gasteiger partial charge is 0.0399 e. The summed E-state index contributed by atoms with van der Waals surface area (Å²) in [6, 6.07) is 0. The first-order valence-electron chi connectivity index (χ1n) is 2.04. The Balaban J connectivity index is 3.68. The van der Waals surface area contributed by atoms with Gasteiger partial charge in [0, 0.05) is 0 Å². The van der Waals surface area contributed by atoms with Gasteiger partial charge in [0.2, 0.25) is 0 Å². The zero-order chi connectivity index (χ0) is 5.15. The van der Waals surface area contributed by atoms with Gasteiger partial charge in [0.05, 0.1) is 0 Å². The quantitative estimate of drug-likeness (QED) is 0.411. The van der Waals surface area contributed by atoms with E-state index in [1.807, 2.05) is 0 Å². The molecule has 6 heavy (non-hydrogen) atoms. The van der Waals surface area contributed by atoms with Crippen LogP contribution in [-0.2, 0) is 0 Å². The molecule has 1 atom stereocenters. The molecule has 1 unspecified atom stereocenters. The van der Waals surface area contributed by atoms with Gasteiger partial charge < -0.3 is 0 Å². The highest BCUT2D eigenvalue weighted by Crippen LogP contribution is 2.07. The van der Waals surface area contributed by atoms with Crippen molar-refractivity contribution in [2.75, 3.05) is 0 Å². The summed E-state index contributed by atoms with van der Waals surface area (Å²) in [4.78, 5) is 0. The van der Waals surface area contributed by atoms with Crippen molar-refractivity contribution in [1.29, 1.82) is 0 Å². The summed E-state index contributed by atoms with van der Waals surface area (Å²) < 4.78 is 0. The predicted octanol–water partition coefficient (Wildman–Crippen LogP) is 2.18. The highest BCUT2D eigenvalue weighted by atomic mass is 31.0. The molecule has 0 aromatic carbocycles. The lowest BCUT2D eigenvalue weighted by Gasteiger charge is -1.87. The molecule has 0 radical (unpaired) electrons. The molecule has 0 saturated carbocycles. The molecule has 0 nitrogen and oxygen atoms in total. The molecule has 36 valence electrons. The average Bonchev–Trinajstić information content (AvgIpc) is 1.36. The van der Waals surface area contributed by atoms with Crippen molar-refractivity contribution in [2.24, 2.45) is 0 Å². The van der Waals surface area contributed by atoms with E-state index in [2.05, 4.69) is 30.0 Å². The van der Waals surface area contributed by atoms with Gasteiger partial charge in [0.15, 0.2) is 0 Å². The first kappa shape index (κ1) is 6.17. The fourth-order valence-electron chi connectivity index (χ4n) is 0. The Morgan fingerprint density at radius 2 is 1.33 bits per heavy atom. The molecule has 0 N–H and O–H groups in total. The number of hydrogen-bond donors (Lipinski definition) is 0. The zero-order valence-electron chi connectivity index (χ0n) is 4.58. The number of allylic oxidation sites excluding steroid dienone is 2. The Labute approximate surface area is 41.8 Å². The van der Waals surface area contributed by atoms with E-state index in [-0.39, 0.29) is 0 Å². The Bertz CT molecular complexity index is 54.0. The molecular weight excluding hydrogens is 91.0 g/mol. The van der Waals surface area contributed by atoms with Crippen molar-refractivity contribution in [1.82, 2.24) is 0 Å². The van der Waals surface area contributed by atoms with Crippen LogP contribution in [0.5, 0.6) is 0 Å². The molecule has 0 aliphatic carbocycles. The SMILES string of the molecule is CC(C)=C(C)P. The van der Waals surface area contributed by atoms with Gasteiger partial charge in [-0.2, -0.15) is 0 Å². The predicted molar refractivity (Wildman–Crippen MR) is 33.8 cm³/mol. The third-order valence-electron chi connectivity index (χ3n) is 0.789. The zero-order valence-corrected chi connectivity index (χ0v) is 5.73. The fourth-order valence-corrected chi connectivity index (χ4v) is 0. The Hall–Kier alpha value is 0.170. The molecule has 0 aromatic heterocycles. The summed E-state index contributed by atoms with van der Waals surface area (Å²) >= 11 is 0. The minimum atomic E-state index is 1.34. The maximum atomic E-state index is 2.65. The van der Waals surface area contributed by atoms with Crippen molar-refractivity contribution in [3.05, 3.63) is 10.9 Å². The van der Waals surface area contributed by atoms with E-state index in [0.29, 0.717) is 0 Å². The van der Waals surface area contributed by atoms with E-state index < -0.39 is 0 Å². The van der Waals surface area contributed by atoms with E-state index >= 15 is 0 Å². The van der Waals surface area contributed by atoms with Gasteiger partial charge in [-0.15, -0.1) is 9.24 Å². The van der Waals surface area contributed by atoms with Gasteiger partial charge in [-0.25, -0.2) is 0 Å². The molecule has 0 spiro atoms. The van der Waals surface area contributed by atoms with Crippen molar-refractivity contribution in [3.8, 4) is 0 Å². The van der Waals surface area contributed by atoms with Crippen molar-refractivity contribution >= 4 is 9.24 Å². The van der Waals surface area contributed by atoms with E-state index in [1.165, 1.54) is 10.9 Å². The second kappa shape index (κ2) is 2.36. The molecule has 0 aliphatic heterocycles. The second-order valence-corrected chi connectivity index (χ2v) is 2.55. The lowest BCUT2D eigenvalue weighted by Crippen LogP contribution is -1.61. The van der Waals surface area contributed by atoms with Crippen LogP contribution < -0.4 is 0 Å². The standard InChI is InChI=1S/C5H11P/c1-4(2)5(3)6/h6H2,1-3H3. The van der Waals surface area contributed by atoms with Gasteiger partial charge in [0.1, 0.15) is 0 Å². The van der Waals surface area contributed by atoms with E-state index in [1.54, 1.807) is 0 Å². The molecule has 0 saturated heterocycles.